The maximum absolute atomic E-state index is 11.8. The van der Waals surface area contributed by atoms with Gasteiger partial charge in [-0.2, -0.15) is 0 Å². The van der Waals surface area contributed by atoms with E-state index < -0.39 is 5.41 Å². The summed E-state index contributed by atoms with van der Waals surface area (Å²) < 4.78 is 11.0. The molecule has 0 heterocycles. The van der Waals surface area contributed by atoms with Crippen LogP contribution in [-0.4, -0.2) is 19.2 Å². The number of ether oxygens (including phenoxy) is 2. The van der Waals surface area contributed by atoms with Crippen molar-refractivity contribution in [2.45, 2.75) is 62.8 Å². The van der Waals surface area contributed by atoms with Gasteiger partial charge in [0.2, 0.25) is 0 Å². The SMILES string of the molecule is C.C.CCC(C)(C)C(=O)OCCOc1c(C)cc(C)cc1C. The molecule has 0 N–H and O–H groups in total. The summed E-state index contributed by atoms with van der Waals surface area (Å²) in [4.78, 5) is 11.8. The van der Waals surface area contributed by atoms with Gasteiger partial charge >= 0.3 is 5.97 Å². The zero-order valence-corrected chi connectivity index (χ0v) is 13.5. The van der Waals surface area contributed by atoms with Gasteiger partial charge in [0.1, 0.15) is 19.0 Å². The molecule has 128 valence electrons. The molecular weight excluding hydrogens is 276 g/mol. The van der Waals surface area contributed by atoms with Crippen LogP contribution in [0.15, 0.2) is 12.1 Å². The minimum Gasteiger partial charge on any atom is -0.489 e. The van der Waals surface area contributed by atoms with Gasteiger partial charge in [0.15, 0.2) is 0 Å². The molecule has 0 spiro atoms. The van der Waals surface area contributed by atoms with Crippen molar-refractivity contribution in [1.82, 2.24) is 0 Å². The van der Waals surface area contributed by atoms with E-state index in [1.165, 1.54) is 5.56 Å². The summed E-state index contributed by atoms with van der Waals surface area (Å²) in [6.45, 7) is 12.6. The molecule has 1 aromatic carbocycles. The van der Waals surface area contributed by atoms with Crippen molar-refractivity contribution in [2.75, 3.05) is 13.2 Å². The number of benzene rings is 1. The summed E-state index contributed by atoms with van der Waals surface area (Å²) in [6.07, 6.45) is 0.767. The van der Waals surface area contributed by atoms with Crippen molar-refractivity contribution >= 4 is 5.97 Å². The molecule has 1 aromatic rings. The Morgan fingerprint density at radius 2 is 1.55 bits per heavy atom. The lowest BCUT2D eigenvalue weighted by atomic mass is 9.91. The molecule has 0 amide bonds. The van der Waals surface area contributed by atoms with E-state index in [2.05, 4.69) is 19.1 Å². The topological polar surface area (TPSA) is 35.5 Å². The van der Waals surface area contributed by atoms with Crippen LogP contribution < -0.4 is 4.74 Å². The van der Waals surface area contributed by atoms with Crippen molar-refractivity contribution in [2.24, 2.45) is 5.41 Å². The van der Waals surface area contributed by atoms with Gasteiger partial charge in [0.25, 0.3) is 0 Å². The third kappa shape index (κ3) is 6.08. The van der Waals surface area contributed by atoms with Gasteiger partial charge in [-0.05, 0) is 52.2 Å². The quantitative estimate of drug-likeness (QED) is 0.532. The van der Waals surface area contributed by atoms with Gasteiger partial charge < -0.3 is 9.47 Å². The van der Waals surface area contributed by atoms with Crippen molar-refractivity contribution in [1.29, 1.82) is 0 Å². The van der Waals surface area contributed by atoms with E-state index in [-0.39, 0.29) is 27.4 Å². The van der Waals surface area contributed by atoms with Crippen LogP contribution in [0.2, 0.25) is 0 Å². The van der Waals surface area contributed by atoms with Crippen LogP contribution >= 0.6 is 0 Å². The standard InChI is InChI=1S/C17H26O3.2CH4/c1-7-17(5,6)16(18)20-9-8-19-15-13(3)10-12(2)11-14(15)4;;/h10-11H,7-9H2,1-6H3;2*1H4. The third-order valence-electron chi connectivity index (χ3n) is 3.60. The summed E-state index contributed by atoms with van der Waals surface area (Å²) in [5.41, 5.74) is 3.03. The van der Waals surface area contributed by atoms with E-state index in [9.17, 15) is 4.79 Å². The first-order valence-corrected chi connectivity index (χ1v) is 7.16. The molecule has 0 aliphatic rings. The van der Waals surface area contributed by atoms with Crippen LogP contribution in [0.25, 0.3) is 0 Å². The second-order valence-electron chi connectivity index (χ2n) is 5.95. The molecule has 0 fully saturated rings. The van der Waals surface area contributed by atoms with Crippen molar-refractivity contribution < 1.29 is 14.3 Å². The van der Waals surface area contributed by atoms with Gasteiger partial charge in [-0.1, -0.05) is 39.5 Å². The van der Waals surface area contributed by atoms with Crippen LogP contribution in [0.5, 0.6) is 5.75 Å². The summed E-state index contributed by atoms with van der Waals surface area (Å²) in [7, 11) is 0. The van der Waals surface area contributed by atoms with E-state index in [0.717, 1.165) is 23.3 Å². The maximum Gasteiger partial charge on any atom is 0.311 e. The molecule has 0 radical (unpaired) electrons. The molecule has 0 atom stereocenters. The summed E-state index contributed by atoms with van der Waals surface area (Å²) in [5.74, 6) is 0.724. The van der Waals surface area contributed by atoms with Crippen molar-refractivity contribution in [3.63, 3.8) is 0 Å². The van der Waals surface area contributed by atoms with E-state index in [4.69, 9.17) is 9.47 Å². The van der Waals surface area contributed by atoms with Crippen molar-refractivity contribution in [3.05, 3.63) is 28.8 Å². The van der Waals surface area contributed by atoms with Gasteiger partial charge in [-0.15, -0.1) is 0 Å². The fourth-order valence-electron chi connectivity index (χ4n) is 2.01. The Hall–Kier alpha value is -1.51. The second kappa shape index (κ2) is 9.50. The number of hydrogen-bond acceptors (Lipinski definition) is 3. The number of rotatable bonds is 6. The fraction of sp³-hybridized carbons (Fsp3) is 0.632. The fourth-order valence-corrected chi connectivity index (χ4v) is 2.01. The lowest BCUT2D eigenvalue weighted by Crippen LogP contribution is -2.27. The van der Waals surface area contributed by atoms with Gasteiger partial charge in [-0.25, -0.2) is 0 Å². The molecule has 1 rings (SSSR count). The first-order chi connectivity index (χ1) is 9.27. The second-order valence-corrected chi connectivity index (χ2v) is 5.95. The highest BCUT2D eigenvalue weighted by Crippen LogP contribution is 2.25. The number of esters is 1. The van der Waals surface area contributed by atoms with E-state index in [1.807, 2.05) is 34.6 Å². The number of hydrogen-bond donors (Lipinski definition) is 0. The molecule has 0 aliphatic heterocycles. The Labute approximate surface area is 137 Å². The molecule has 0 aromatic heterocycles. The molecule has 22 heavy (non-hydrogen) atoms. The molecule has 3 heteroatoms. The smallest absolute Gasteiger partial charge is 0.311 e. The Morgan fingerprint density at radius 1 is 1.05 bits per heavy atom. The summed E-state index contributed by atoms with van der Waals surface area (Å²) in [6, 6.07) is 4.18. The minimum atomic E-state index is -0.421. The van der Waals surface area contributed by atoms with E-state index in [1.54, 1.807) is 0 Å². The monoisotopic (exact) mass is 310 g/mol. The van der Waals surface area contributed by atoms with Gasteiger partial charge in [0.05, 0.1) is 5.41 Å². The average Bonchev–Trinajstić information content (AvgIpc) is 2.36. The highest BCUT2D eigenvalue weighted by Gasteiger charge is 2.26. The Bertz CT molecular complexity index is 453. The zero-order chi connectivity index (χ0) is 15.3. The first-order valence-electron chi connectivity index (χ1n) is 7.16. The molecule has 0 unspecified atom stereocenters. The maximum atomic E-state index is 11.8. The average molecular weight is 310 g/mol. The van der Waals surface area contributed by atoms with Crippen molar-refractivity contribution in [3.8, 4) is 5.75 Å². The molecule has 0 bridgehead atoms. The lowest BCUT2D eigenvalue weighted by molar-refractivity contribution is -0.154. The van der Waals surface area contributed by atoms with Crippen LogP contribution in [-0.2, 0) is 9.53 Å². The van der Waals surface area contributed by atoms with Crippen LogP contribution in [0.4, 0.5) is 0 Å². The third-order valence-corrected chi connectivity index (χ3v) is 3.60. The van der Waals surface area contributed by atoms with Gasteiger partial charge in [0, 0.05) is 0 Å². The number of carbonyl (C=O) groups is 1. The first kappa shape index (κ1) is 22.8. The molecular formula is C19H34O3. The molecule has 0 aliphatic carbocycles. The van der Waals surface area contributed by atoms with E-state index in [0.29, 0.717) is 6.61 Å². The normalized spacial score (nSPS) is 10.3. The zero-order valence-electron chi connectivity index (χ0n) is 13.5. The Kier molecular flexibility index (Phi) is 9.83. The largest absolute Gasteiger partial charge is 0.489 e. The minimum absolute atomic E-state index is 0. The Morgan fingerprint density at radius 3 is 2.00 bits per heavy atom. The van der Waals surface area contributed by atoms with Crippen LogP contribution in [0.3, 0.4) is 0 Å². The van der Waals surface area contributed by atoms with Crippen LogP contribution in [0, 0.1) is 26.2 Å². The highest BCUT2D eigenvalue weighted by atomic mass is 16.6. The summed E-state index contributed by atoms with van der Waals surface area (Å²) in [5, 5.41) is 0. The molecule has 3 nitrogen and oxygen atoms in total. The summed E-state index contributed by atoms with van der Waals surface area (Å²) >= 11 is 0. The van der Waals surface area contributed by atoms with Crippen LogP contribution in [0.1, 0.15) is 58.7 Å². The molecule has 0 saturated heterocycles. The number of aryl methyl sites for hydroxylation is 3. The lowest BCUT2D eigenvalue weighted by Gasteiger charge is -2.20. The molecule has 0 saturated carbocycles. The van der Waals surface area contributed by atoms with Gasteiger partial charge in [-0.3, -0.25) is 4.79 Å². The Balaban J connectivity index is 0. The van der Waals surface area contributed by atoms with E-state index >= 15 is 0 Å². The highest BCUT2D eigenvalue weighted by molar-refractivity contribution is 5.75. The number of carbonyl (C=O) groups excluding carboxylic acids is 1. The predicted octanol–water partition coefficient (Wildman–Crippen LogP) is 5.24. The predicted molar refractivity (Wildman–Crippen MR) is 94.6 cm³/mol.